The third-order valence-corrected chi connectivity index (χ3v) is 3.24. The van der Waals surface area contributed by atoms with Crippen LogP contribution in [0.1, 0.15) is 12.8 Å². The number of methoxy groups -OCH3 is 1. The maximum atomic E-state index is 12.6. The molecule has 0 radical (unpaired) electrons. The fraction of sp³-hybridized carbons (Fsp3) is 0.727. The Morgan fingerprint density at radius 3 is 2.72 bits per heavy atom. The van der Waals surface area contributed by atoms with E-state index in [0.29, 0.717) is 12.4 Å². The third-order valence-electron chi connectivity index (χ3n) is 3.24. The van der Waals surface area contributed by atoms with E-state index in [2.05, 4.69) is 4.99 Å². The topological polar surface area (TPSA) is 50.8 Å². The van der Waals surface area contributed by atoms with Crippen LogP contribution in [0.4, 0.5) is 13.2 Å². The number of rotatable bonds is 1. The largest absolute Gasteiger partial charge is 0.414 e. The first-order valence-electron chi connectivity index (χ1n) is 5.79. The quantitative estimate of drug-likeness (QED) is 0.775. The summed E-state index contributed by atoms with van der Waals surface area (Å²) >= 11 is 0. The summed E-state index contributed by atoms with van der Waals surface area (Å²) in [6, 6.07) is 0.0539. The molecule has 2 aliphatic rings. The number of halogens is 3. The van der Waals surface area contributed by atoms with E-state index < -0.39 is 17.9 Å². The molecule has 0 aromatic heterocycles. The molecule has 2 rings (SSSR count). The molecule has 2 N–H and O–H groups in total. The summed E-state index contributed by atoms with van der Waals surface area (Å²) in [5, 5.41) is 0. The van der Waals surface area contributed by atoms with Crippen molar-refractivity contribution in [2.45, 2.75) is 31.2 Å². The molecule has 2 atom stereocenters. The summed E-state index contributed by atoms with van der Waals surface area (Å²) in [5.41, 5.74) is 5.13. The summed E-state index contributed by atoms with van der Waals surface area (Å²) in [4.78, 5) is 5.83. The van der Waals surface area contributed by atoms with Gasteiger partial charge in [0.15, 0.2) is 0 Å². The molecule has 1 fully saturated rings. The molecule has 0 aromatic rings. The van der Waals surface area contributed by atoms with Crippen LogP contribution < -0.4 is 5.73 Å². The van der Waals surface area contributed by atoms with E-state index in [4.69, 9.17) is 10.5 Å². The minimum Gasteiger partial charge on any atom is -0.373 e. The van der Waals surface area contributed by atoms with Crippen LogP contribution in [0.5, 0.6) is 0 Å². The van der Waals surface area contributed by atoms with E-state index in [1.54, 1.807) is 0 Å². The molecular formula is C11H16F3N3O. The van der Waals surface area contributed by atoms with Gasteiger partial charge in [-0.15, -0.1) is 0 Å². The number of amidine groups is 1. The van der Waals surface area contributed by atoms with Gasteiger partial charge < -0.3 is 15.4 Å². The third kappa shape index (κ3) is 2.67. The lowest BCUT2D eigenvalue weighted by Crippen LogP contribution is -2.42. The van der Waals surface area contributed by atoms with Gasteiger partial charge in [0.1, 0.15) is 11.9 Å². The summed E-state index contributed by atoms with van der Waals surface area (Å²) < 4.78 is 42.9. The van der Waals surface area contributed by atoms with Crippen LogP contribution in [0.3, 0.4) is 0 Å². The van der Waals surface area contributed by atoms with Gasteiger partial charge in [0.25, 0.3) is 0 Å². The Morgan fingerprint density at radius 2 is 2.22 bits per heavy atom. The smallest absolute Gasteiger partial charge is 0.373 e. The Balaban J connectivity index is 2.18. The second-order valence-corrected chi connectivity index (χ2v) is 4.56. The highest BCUT2D eigenvalue weighted by Gasteiger charge is 2.39. The Kier molecular flexibility index (Phi) is 3.63. The van der Waals surface area contributed by atoms with Crippen molar-refractivity contribution in [1.82, 2.24) is 4.90 Å². The maximum absolute atomic E-state index is 12.6. The standard InChI is InChI=1S/C11H16F3N3O/c1-18-9-4-7(11(12,13)14)5-16-10(9)17-3-2-8(15)6-17/h5,8-9H,2-4,6,15H2,1H3/t8-,9?/m1/s1. The minimum absolute atomic E-state index is 0.0539. The number of hydrogen-bond acceptors (Lipinski definition) is 4. The molecule has 1 unspecified atom stereocenters. The Hall–Kier alpha value is -1.08. The van der Waals surface area contributed by atoms with Gasteiger partial charge >= 0.3 is 6.18 Å². The first-order valence-corrected chi connectivity index (χ1v) is 5.79. The number of hydrogen-bond donors (Lipinski definition) is 1. The van der Waals surface area contributed by atoms with Crippen molar-refractivity contribution in [3.8, 4) is 0 Å². The first-order chi connectivity index (χ1) is 8.41. The van der Waals surface area contributed by atoms with Crippen LogP contribution in [-0.2, 0) is 4.74 Å². The van der Waals surface area contributed by atoms with Crippen molar-refractivity contribution in [3.63, 3.8) is 0 Å². The Morgan fingerprint density at radius 1 is 1.50 bits per heavy atom. The Bertz CT molecular complexity index is 378. The van der Waals surface area contributed by atoms with Gasteiger partial charge in [0, 0.05) is 38.9 Å². The molecule has 0 bridgehead atoms. The molecule has 102 valence electrons. The van der Waals surface area contributed by atoms with Crippen LogP contribution in [0, 0.1) is 0 Å². The summed E-state index contributed by atoms with van der Waals surface area (Å²) in [6.07, 6.45) is -3.45. The van der Waals surface area contributed by atoms with Gasteiger partial charge in [0.2, 0.25) is 0 Å². The maximum Gasteiger partial charge on any atom is 0.414 e. The van der Waals surface area contributed by atoms with E-state index in [1.807, 2.05) is 4.90 Å². The number of ether oxygens (including phenoxy) is 1. The number of nitrogens with two attached hydrogens (primary N) is 1. The van der Waals surface area contributed by atoms with Crippen LogP contribution in [0.2, 0.25) is 0 Å². The fourth-order valence-electron chi connectivity index (χ4n) is 2.23. The molecule has 18 heavy (non-hydrogen) atoms. The number of alkyl halides is 3. The monoisotopic (exact) mass is 263 g/mol. The normalized spacial score (nSPS) is 29.3. The van der Waals surface area contributed by atoms with Crippen LogP contribution >= 0.6 is 0 Å². The lowest BCUT2D eigenvalue weighted by atomic mass is 10.0. The fourth-order valence-corrected chi connectivity index (χ4v) is 2.23. The van der Waals surface area contributed by atoms with Gasteiger partial charge in [0.05, 0.1) is 5.57 Å². The average molecular weight is 263 g/mol. The summed E-state index contributed by atoms with van der Waals surface area (Å²) in [7, 11) is 1.40. The zero-order chi connectivity index (χ0) is 13.3. The van der Waals surface area contributed by atoms with E-state index in [0.717, 1.165) is 19.2 Å². The molecule has 0 aromatic carbocycles. The minimum atomic E-state index is -4.34. The predicted octanol–water partition coefficient (Wildman–Crippen LogP) is 1.28. The molecule has 4 nitrogen and oxygen atoms in total. The molecule has 0 spiro atoms. The average Bonchev–Trinajstić information content (AvgIpc) is 2.73. The number of likely N-dealkylation sites (tertiary alicyclic amines) is 1. The molecule has 7 heteroatoms. The zero-order valence-electron chi connectivity index (χ0n) is 10.1. The van der Waals surface area contributed by atoms with E-state index in [-0.39, 0.29) is 12.5 Å². The van der Waals surface area contributed by atoms with Crippen LogP contribution in [0.25, 0.3) is 0 Å². The molecule has 0 saturated carbocycles. The SMILES string of the molecule is COC1CC(C(F)(F)F)=CN=C1N1CC[C@@H](N)C1. The molecule has 0 aliphatic carbocycles. The highest BCUT2D eigenvalue weighted by Crippen LogP contribution is 2.32. The highest BCUT2D eigenvalue weighted by atomic mass is 19.4. The first kappa shape index (κ1) is 13.4. The van der Waals surface area contributed by atoms with Gasteiger partial charge in [-0.05, 0) is 6.42 Å². The molecule has 1 saturated heterocycles. The van der Waals surface area contributed by atoms with Gasteiger partial charge in [-0.3, -0.25) is 0 Å². The number of nitrogens with zero attached hydrogens (tertiary/aromatic N) is 2. The second kappa shape index (κ2) is 4.89. The Labute approximate surface area is 103 Å². The van der Waals surface area contributed by atoms with Crippen molar-refractivity contribution in [2.24, 2.45) is 10.7 Å². The lowest BCUT2D eigenvalue weighted by Gasteiger charge is -2.30. The van der Waals surface area contributed by atoms with Gasteiger partial charge in [-0.1, -0.05) is 0 Å². The van der Waals surface area contributed by atoms with Crippen molar-refractivity contribution < 1.29 is 17.9 Å². The van der Waals surface area contributed by atoms with Gasteiger partial charge in [-0.25, -0.2) is 4.99 Å². The highest BCUT2D eigenvalue weighted by molar-refractivity contribution is 5.88. The number of aliphatic imine (C=N–C) groups is 1. The van der Waals surface area contributed by atoms with Crippen molar-refractivity contribution in [3.05, 3.63) is 11.8 Å². The van der Waals surface area contributed by atoms with E-state index in [9.17, 15) is 13.2 Å². The van der Waals surface area contributed by atoms with Crippen molar-refractivity contribution >= 4 is 5.84 Å². The van der Waals surface area contributed by atoms with Crippen LogP contribution in [0.15, 0.2) is 16.8 Å². The molecular weight excluding hydrogens is 247 g/mol. The molecule has 2 heterocycles. The van der Waals surface area contributed by atoms with Crippen molar-refractivity contribution in [1.29, 1.82) is 0 Å². The second-order valence-electron chi connectivity index (χ2n) is 4.56. The van der Waals surface area contributed by atoms with Crippen molar-refractivity contribution in [2.75, 3.05) is 20.2 Å². The van der Waals surface area contributed by atoms with Gasteiger partial charge in [-0.2, -0.15) is 13.2 Å². The summed E-state index contributed by atoms with van der Waals surface area (Å²) in [5.74, 6) is 0.554. The zero-order valence-corrected chi connectivity index (χ0v) is 10.1. The summed E-state index contributed by atoms with van der Waals surface area (Å²) in [6.45, 7) is 1.34. The van der Waals surface area contributed by atoms with Crippen LogP contribution in [-0.4, -0.2) is 49.3 Å². The van der Waals surface area contributed by atoms with E-state index in [1.165, 1.54) is 7.11 Å². The molecule has 0 amide bonds. The van der Waals surface area contributed by atoms with E-state index >= 15 is 0 Å². The lowest BCUT2D eigenvalue weighted by molar-refractivity contribution is -0.0971. The predicted molar refractivity (Wildman–Crippen MR) is 61.2 cm³/mol. The molecule has 2 aliphatic heterocycles.